The molecule has 0 fully saturated rings. The fourth-order valence-electron chi connectivity index (χ4n) is 3.88. The van der Waals surface area contributed by atoms with Crippen LogP contribution in [-0.4, -0.2) is 31.3 Å². The maximum absolute atomic E-state index is 12.6. The molecule has 0 aliphatic heterocycles. The predicted octanol–water partition coefficient (Wildman–Crippen LogP) is 8.73. The number of unbranched alkanes of at least 4 members (excludes halogenated alkanes) is 15. The molecule has 0 spiro atoms. The Hall–Kier alpha value is -1.26. The maximum atomic E-state index is 12.6. The smallest absolute Gasteiger partial charge is 0.407 e. The molecule has 1 unspecified atom stereocenters. The van der Waals surface area contributed by atoms with Gasteiger partial charge in [-0.25, -0.2) is 9.59 Å². The number of rotatable bonds is 22. The van der Waals surface area contributed by atoms with Crippen LogP contribution >= 0.6 is 0 Å². The van der Waals surface area contributed by atoms with Crippen LogP contribution < -0.4 is 5.32 Å². The zero-order valence-corrected chi connectivity index (χ0v) is 23.4. The lowest BCUT2D eigenvalue weighted by Crippen LogP contribution is -2.43. The summed E-state index contributed by atoms with van der Waals surface area (Å²) in [4.78, 5) is 24.7. The highest BCUT2D eigenvalue weighted by Gasteiger charge is 2.23. The fraction of sp³-hybridized carbons (Fsp3) is 0.931. The molecule has 202 valence electrons. The Kier molecular flexibility index (Phi) is 21.4. The molecule has 0 saturated carbocycles. The number of esters is 1. The molecule has 1 atom stereocenters. The molecule has 0 heterocycles. The molecule has 5 heteroatoms. The summed E-state index contributed by atoms with van der Waals surface area (Å²) >= 11 is 0. The molecule has 1 N–H and O–H groups in total. The van der Waals surface area contributed by atoms with Gasteiger partial charge < -0.3 is 14.8 Å². The highest BCUT2D eigenvalue weighted by molar-refractivity contribution is 5.81. The molecular formula is C29H57NO4. The second kappa shape index (κ2) is 22.2. The van der Waals surface area contributed by atoms with Gasteiger partial charge in [-0.3, -0.25) is 0 Å². The van der Waals surface area contributed by atoms with Crippen LogP contribution in [0.4, 0.5) is 4.79 Å². The molecule has 1 amide bonds. The van der Waals surface area contributed by atoms with Crippen molar-refractivity contribution in [1.82, 2.24) is 5.32 Å². The van der Waals surface area contributed by atoms with Crippen molar-refractivity contribution >= 4 is 12.1 Å². The van der Waals surface area contributed by atoms with E-state index in [4.69, 9.17) is 9.47 Å². The maximum Gasteiger partial charge on any atom is 0.407 e. The van der Waals surface area contributed by atoms with Crippen molar-refractivity contribution in [3.8, 4) is 0 Å². The number of alkyl carbamates (subject to hydrolysis) is 1. The number of carbonyl (C=O) groups excluding carboxylic acids is 2. The minimum atomic E-state index is -0.619. The first-order valence-electron chi connectivity index (χ1n) is 14.4. The van der Waals surface area contributed by atoms with Crippen LogP contribution in [0.1, 0.15) is 150 Å². The van der Waals surface area contributed by atoms with Gasteiger partial charge in [0.15, 0.2) is 0 Å². The standard InChI is InChI=1S/C29H57NO4/c1-6-8-10-12-13-14-15-16-17-18-19-20-22-24-33-27(31)26(23-21-11-9-7-2)30-28(32)34-25-29(3,4)5/h26H,6-25H2,1-5H3,(H,30,32). The summed E-state index contributed by atoms with van der Waals surface area (Å²) < 4.78 is 10.8. The van der Waals surface area contributed by atoms with Crippen LogP contribution in [0.5, 0.6) is 0 Å². The van der Waals surface area contributed by atoms with Gasteiger partial charge in [0.2, 0.25) is 0 Å². The average Bonchev–Trinajstić information content (AvgIpc) is 2.79. The van der Waals surface area contributed by atoms with Crippen LogP contribution in [0, 0.1) is 5.41 Å². The lowest BCUT2D eigenvalue weighted by Gasteiger charge is -2.21. The van der Waals surface area contributed by atoms with Gasteiger partial charge in [0.05, 0.1) is 13.2 Å². The molecule has 5 nitrogen and oxygen atoms in total. The van der Waals surface area contributed by atoms with Crippen molar-refractivity contribution in [2.75, 3.05) is 13.2 Å². The molecule has 0 radical (unpaired) electrons. The zero-order chi connectivity index (χ0) is 25.5. The summed E-state index contributed by atoms with van der Waals surface area (Å²) in [6.45, 7) is 11.2. The summed E-state index contributed by atoms with van der Waals surface area (Å²) in [7, 11) is 0. The van der Waals surface area contributed by atoms with Crippen molar-refractivity contribution in [1.29, 1.82) is 0 Å². The minimum Gasteiger partial charge on any atom is -0.464 e. The molecule has 0 aromatic carbocycles. The lowest BCUT2D eigenvalue weighted by molar-refractivity contribution is -0.146. The third kappa shape index (κ3) is 22.5. The number of hydrogen-bond donors (Lipinski definition) is 1. The number of nitrogens with one attached hydrogen (secondary N) is 1. The number of carbonyl (C=O) groups is 2. The Labute approximate surface area is 211 Å². The van der Waals surface area contributed by atoms with Gasteiger partial charge >= 0.3 is 12.1 Å². The van der Waals surface area contributed by atoms with Crippen molar-refractivity contribution in [2.24, 2.45) is 5.41 Å². The SMILES string of the molecule is CCCCCCCCCCCCCCCOC(=O)C(CCCCCC)NC(=O)OCC(C)(C)C. The van der Waals surface area contributed by atoms with Crippen molar-refractivity contribution in [3.05, 3.63) is 0 Å². The Morgan fingerprint density at radius 3 is 1.56 bits per heavy atom. The normalized spacial score (nSPS) is 12.4. The van der Waals surface area contributed by atoms with Crippen LogP contribution in [0.25, 0.3) is 0 Å². The molecular weight excluding hydrogens is 426 g/mol. The molecule has 0 rings (SSSR count). The monoisotopic (exact) mass is 483 g/mol. The minimum absolute atomic E-state index is 0.108. The van der Waals surface area contributed by atoms with E-state index in [1.165, 1.54) is 70.6 Å². The Balaban J connectivity index is 3.96. The predicted molar refractivity (Wildman–Crippen MR) is 143 cm³/mol. The molecule has 0 saturated heterocycles. The first kappa shape index (κ1) is 32.7. The van der Waals surface area contributed by atoms with E-state index in [-0.39, 0.29) is 11.4 Å². The molecule has 0 aromatic rings. The van der Waals surface area contributed by atoms with Gasteiger partial charge in [-0.2, -0.15) is 0 Å². The van der Waals surface area contributed by atoms with E-state index in [1.54, 1.807) is 0 Å². The van der Waals surface area contributed by atoms with E-state index in [2.05, 4.69) is 19.2 Å². The number of hydrogen-bond acceptors (Lipinski definition) is 4. The first-order chi connectivity index (χ1) is 16.3. The van der Waals surface area contributed by atoms with E-state index < -0.39 is 12.1 Å². The second-order valence-corrected chi connectivity index (χ2v) is 11.1. The van der Waals surface area contributed by atoms with Crippen molar-refractivity contribution in [3.63, 3.8) is 0 Å². The first-order valence-corrected chi connectivity index (χ1v) is 14.4. The van der Waals surface area contributed by atoms with Crippen molar-refractivity contribution in [2.45, 2.75) is 156 Å². The Morgan fingerprint density at radius 2 is 1.09 bits per heavy atom. The van der Waals surface area contributed by atoms with Crippen LogP contribution in [0.15, 0.2) is 0 Å². The quantitative estimate of drug-likeness (QED) is 0.123. The lowest BCUT2D eigenvalue weighted by atomic mass is 9.99. The van der Waals surface area contributed by atoms with Gasteiger partial charge in [-0.05, 0) is 18.3 Å². The third-order valence-electron chi connectivity index (χ3n) is 6.05. The molecule has 34 heavy (non-hydrogen) atoms. The third-order valence-corrected chi connectivity index (χ3v) is 6.05. The molecule has 0 aliphatic carbocycles. The van der Waals surface area contributed by atoms with E-state index in [0.29, 0.717) is 19.6 Å². The Bertz CT molecular complexity index is 487. The largest absolute Gasteiger partial charge is 0.464 e. The number of amides is 1. The van der Waals surface area contributed by atoms with Gasteiger partial charge in [0.1, 0.15) is 6.04 Å². The summed E-state index contributed by atoms with van der Waals surface area (Å²) in [6, 6.07) is -0.619. The van der Waals surface area contributed by atoms with Gasteiger partial charge in [0.25, 0.3) is 0 Å². The van der Waals surface area contributed by atoms with Crippen LogP contribution in [-0.2, 0) is 14.3 Å². The molecule has 0 bridgehead atoms. The highest BCUT2D eigenvalue weighted by atomic mass is 16.6. The van der Waals surface area contributed by atoms with Gasteiger partial charge in [-0.1, -0.05) is 137 Å². The molecule has 0 aromatic heterocycles. The van der Waals surface area contributed by atoms with Gasteiger partial charge in [-0.15, -0.1) is 0 Å². The van der Waals surface area contributed by atoms with E-state index in [9.17, 15) is 9.59 Å². The zero-order valence-electron chi connectivity index (χ0n) is 23.4. The van der Waals surface area contributed by atoms with Crippen LogP contribution in [0.2, 0.25) is 0 Å². The van der Waals surface area contributed by atoms with E-state index in [1.807, 2.05) is 20.8 Å². The van der Waals surface area contributed by atoms with Gasteiger partial charge in [0, 0.05) is 0 Å². The average molecular weight is 484 g/mol. The summed E-state index contributed by atoms with van der Waals surface area (Å²) in [5, 5.41) is 2.73. The van der Waals surface area contributed by atoms with Crippen molar-refractivity contribution < 1.29 is 19.1 Å². The summed E-state index contributed by atoms with van der Waals surface area (Å²) in [6.07, 6.45) is 21.1. The summed E-state index contributed by atoms with van der Waals surface area (Å²) in [5.41, 5.74) is -0.108. The fourth-order valence-corrected chi connectivity index (χ4v) is 3.88. The number of ether oxygens (including phenoxy) is 2. The van der Waals surface area contributed by atoms with E-state index >= 15 is 0 Å². The topological polar surface area (TPSA) is 64.6 Å². The highest BCUT2D eigenvalue weighted by Crippen LogP contribution is 2.14. The van der Waals surface area contributed by atoms with Crippen LogP contribution in [0.3, 0.4) is 0 Å². The second-order valence-electron chi connectivity index (χ2n) is 11.1. The molecule has 0 aliphatic rings. The Morgan fingerprint density at radius 1 is 0.647 bits per heavy atom. The summed E-state index contributed by atoms with van der Waals surface area (Å²) in [5.74, 6) is -0.330. The van der Waals surface area contributed by atoms with E-state index in [0.717, 1.165) is 38.5 Å².